The summed E-state index contributed by atoms with van der Waals surface area (Å²) in [5.74, 6) is 0.422. The number of anilines is 1. The minimum Gasteiger partial charge on any atom is -0.462 e. The summed E-state index contributed by atoms with van der Waals surface area (Å²) in [5, 5.41) is 15.2. The van der Waals surface area contributed by atoms with Gasteiger partial charge in [0.1, 0.15) is 5.00 Å². The van der Waals surface area contributed by atoms with Crippen LogP contribution in [-0.2, 0) is 33.7 Å². The molecule has 8 nitrogen and oxygen atoms in total. The minimum absolute atomic E-state index is 0.123. The Balaban J connectivity index is 1.31. The Morgan fingerprint density at radius 1 is 1.31 bits per heavy atom. The number of rotatable bonds is 9. The van der Waals surface area contributed by atoms with E-state index in [0.29, 0.717) is 28.9 Å². The second-order valence-corrected chi connectivity index (χ2v) is 11.8. The van der Waals surface area contributed by atoms with Crippen LogP contribution in [0.3, 0.4) is 0 Å². The number of nitrogens with one attached hydrogen (secondary N) is 1. The van der Waals surface area contributed by atoms with Gasteiger partial charge in [-0.2, -0.15) is 0 Å². The normalized spacial score (nSPS) is 17.0. The monoisotopic (exact) mass is 532 g/mol. The molecule has 5 rings (SSSR count). The molecule has 0 bridgehead atoms. The molecule has 1 aliphatic heterocycles. The lowest BCUT2D eigenvalue weighted by Gasteiger charge is -2.14. The highest BCUT2D eigenvalue weighted by Gasteiger charge is 2.29. The molecule has 0 saturated carbocycles. The third-order valence-electron chi connectivity index (χ3n) is 6.10. The summed E-state index contributed by atoms with van der Waals surface area (Å²) >= 11 is 4.52. The lowest BCUT2D eigenvalue weighted by Crippen LogP contribution is -2.19. The fourth-order valence-electron chi connectivity index (χ4n) is 4.53. The Labute approximate surface area is 216 Å². The molecule has 0 spiro atoms. The number of aromatic nitrogens is 3. The second kappa shape index (κ2) is 10.8. The summed E-state index contributed by atoms with van der Waals surface area (Å²) in [6.45, 7) is 5.60. The van der Waals surface area contributed by atoms with Crippen molar-refractivity contribution in [2.45, 2.75) is 63.8 Å². The van der Waals surface area contributed by atoms with E-state index < -0.39 is 0 Å². The summed E-state index contributed by atoms with van der Waals surface area (Å²) in [5.41, 5.74) is 2.59. The van der Waals surface area contributed by atoms with E-state index in [2.05, 4.69) is 38.5 Å². The molecule has 3 aromatic rings. The highest BCUT2D eigenvalue weighted by molar-refractivity contribution is 7.99. The van der Waals surface area contributed by atoms with Gasteiger partial charge in [0.25, 0.3) is 0 Å². The van der Waals surface area contributed by atoms with Gasteiger partial charge in [0.05, 0.1) is 30.6 Å². The van der Waals surface area contributed by atoms with E-state index in [0.717, 1.165) is 55.7 Å². The molecule has 35 heavy (non-hydrogen) atoms. The van der Waals surface area contributed by atoms with Crippen LogP contribution in [0.1, 0.15) is 51.9 Å². The Bertz CT molecular complexity index is 1230. The Kier molecular flexibility index (Phi) is 7.56. The van der Waals surface area contributed by atoms with Crippen LogP contribution in [0, 0.1) is 6.92 Å². The number of aryl methyl sites for hydroxylation is 2. The molecule has 1 saturated heterocycles. The number of nitrogens with zero attached hydrogens (tertiary/aromatic N) is 3. The van der Waals surface area contributed by atoms with E-state index in [4.69, 9.17) is 9.47 Å². The topological polar surface area (TPSA) is 95.3 Å². The largest absolute Gasteiger partial charge is 0.462 e. The molecule has 0 radical (unpaired) electrons. The van der Waals surface area contributed by atoms with Crippen molar-refractivity contribution in [3.8, 4) is 11.4 Å². The van der Waals surface area contributed by atoms with Crippen molar-refractivity contribution in [1.29, 1.82) is 0 Å². The number of thioether (sulfide) groups is 1. The molecule has 186 valence electrons. The SMILES string of the molecule is CCOC(=O)c1c(NC(=O)CSc2nnc(-c3csc(C)c3)n2CC2CCCO2)sc2c1CCC2. The standard InChI is InChI=1S/C24H28N4O4S3/c1-3-31-23(30)20-17-7-4-8-18(17)35-22(20)25-19(29)13-34-24-27-26-21(15-10-14(2)33-12-15)28(24)11-16-6-5-9-32-16/h10,12,16H,3-9,11,13H2,1-2H3,(H,25,29). The molecule has 4 heterocycles. The van der Waals surface area contributed by atoms with E-state index in [1.54, 1.807) is 18.3 Å². The summed E-state index contributed by atoms with van der Waals surface area (Å²) in [6.07, 6.45) is 5.00. The number of ether oxygens (including phenoxy) is 2. The minimum atomic E-state index is -0.359. The van der Waals surface area contributed by atoms with E-state index in [9.17, 15) is 9.59 Å². The number of esters is 1. The van der Waals surface area contributed by atoms with E-state index >= 15 is 0 Å². The summed E-state index contributed by atoms with van der Waals surface area (Å²) in [6, 6.07) is 2.11. The Hall–Kier alpha value is -2.21. The van der Waals surface area contributed by atoms with Crippen LogP contribution < -0.4 is 5.32 Å². The predicted octanol–water partition coefficient (Wildman–Crippen LogP) is 4.95. The van der Waals surface area contributed by atoms with Crippen molar-refractivity contribution in [2.75, 3.05) is 24.3 Å². The van der Waals surface area contributed by atoms with Gasteiger partial charge >= 0.3 is 5.97 Å². The van der Waals surface area contributed by atoms with Crippen molar-refractivity contribution in [3.63, 3.8) is 0 Å². The van der Waals surface area contributed by atoms with Gasteiger partial charge in [-0.15, -0.1) is 32.9 Å². The van der Waals surface area contributed by atoms with Gasteiger partial charge in [-0.1, -0.05) is 11.8 Å². The highest BCUT2D eigenvalue weighted by Crippen LogP contribution is 2.39. The van der Waals surface area contributed by atoms with Crippen LogP contribution >= 0.6 is 34.4 Å². The number of hydrogen-bond donors (Lipinski definition) is 1. The van der Waals surface area contributed by atoms with Crippen LogP contribution in [-0.4, -0.2) is 51.7 Å². The van der Waals surface area contributed by atoms with Gasteiger partial charge in [-0.25, -0.2) is 4.79 Å². The molecule has 1 N–H and O–H groups in total. The third kappa shape index (κ3) is 5.32. The van der Waals surface area contributed by atoms with Crippen LogP contribution in [0.4, 0.5) is 5.00 Å². The zero-order chi connectivity index (χ0) is 24.4. The van der Waals surface area contributed by atoms with Gasteiger partial charge < -0.3 is 14.8 Å². The van der Waals surface area contributed by atoms with Crippen LogP contribution in [0.5, 0.6) is 0 Å². The molecule has 0 aromatic carbocycles. The lowest BCUT2D eigenvalue weighted by atomic mass is 10.1. The number of carbonyl (C=O) groups excluding carboxylic acids is 2. The van der Waals surface area contributed by atoms with Gasteiger partial charge in [0.15, 0.2) is 11.0 Å². The summed E-state index contributed by atoms with van der Waals surface area (Å²) in [4.78, 5) is 27.9. The molecular formula is C24H28N4O4S3. The number of amides is 1. The first-order valence-electron chi connectivity index (χ1n) is 11.9. The zero-order valence-electron chi connectivity index (χ0n) is 19.8. The van der Waals surface area contributed by atoms with Crippen molar-refractivity contribution in [2.24, 2.45) is 0 Å². The highest BCUT2D eigenvalue weighted by atomic mass is 32.2. The first kappa shape index (κ1) is 24.5. The first-order valence-corrected chi connectivity index (χ1v) is 14.6. The molecule has 1 atom stereocenters. The van der Waals surface area contributed by atoms with Crippen molar-refractivity contribution in [1.82, 2.24) is 14.8 Å². The van der Waals surface area contributed by atoms with Crippen LogP contribution in [0.25, 0.3) is 11.4 Å². The van der Waals surface area contributed by atoms with Crippen molar-refractivity contribution < 1.29 is 19.1 Å². The average Bonchev–Trinajstić information content (AvgIpc) is 3.63. The van der Waals surface area contributed by atoms with E-state index in [1.807, 2.05) is 0 Å². The fraction of sp³-hybridized carbons (Fsp3) is 0.500. The molecule has 1 unspecified atom stereocenters. The molecule has 1 aliphatic carbocycles. The Morgan fingerprint density at radius 2 is 2.20 bits per heavy atom. The maximum atomic E-state index is 12.9. The smallest absolute Gasteiger partial charge is 0.341 e. The summed E-state index contributed by atoms with van der Waals surface area (Å²) in [7, 11) is 0. The van der Waals surface area contributed by atoms with Crippen LogP contribution in [0.15, 0.2) is 16.6 Å². The number of hydrogen-bond acceptors (Lipinski definition) is 9. The van der Waals surface area contributed by atoms with Gasteiger partial charge in [0, 0.05) is 27.3 Å². The van der Waals surface area contributed by atoms with Gasteiger partial charge in [-0.3, -0.25) is 9.36 Å². The van der Waals surface area contributed by atoms with Crippen molar-refractivity contribution in [3.05, 3.63) is 32.3 Å². The number of thiophene rings is 2. The van der Waals surface area contributed by atoms with Gasteiger partial charge in [-0.05, 0) is 57.6 Å². The van der Waals surface area contributed by atoms with E-state index in [1.165, 1.54) is 32.9 Å². The zero-order valence-corrected chi connectivity index (χ0v) is 22.2. The van der Waals surface area contributed by atoms with Gasteiger partial charge in [0.2, 0.25) is 5.91 Å². The third-order valence-corrected chi connectivity index (χ3v) is 9.14. The summed E-state index contributed by atoms with van der Waals surface area (Å²) < 4.78 is 13.2. The first-order chi connectivity index (χ1) is 17.0. The molecule has 1 amide bonds. The molecule has 1 fully saturated rings. The van der Waals surface area contributed by atoms with Crippen LogP contribution in [0.2, 0.25) is 0 Å². The molecule has 11 heteroatoms. The van der Waals surface area contributed by atoms with E-state index in [-0.39, 0.29) is 23.7 Å². The van der Waals surface area contributed by atoms with Crippen molar-refractivity contribution >= 4 is 51.3 Å². The molecule has 2 aliphatic rings. The number of fused-ring (bicyclic) bond motifs is 1. The number of carbonyl (C=O) groups is 2. The maximum absolute atomic E-state index is 12.9. The molecular weight excluding hydrogens is 504 g/mol. The lowest BCUT2D eigenvalue weighted by molar-refractivity contribution is -0.113. The maximum Gasteiger partial charge on any atom is 0.341 e. The Morgan fingerprint density at radius 3 is 2.94 bits per heavy atom. The predicted molar refractivity (Wildman–Crippen MR) is 139 cm³/mol. The second-order valence-electron chi connectivity index (χ2n) is 8.62. The average molecular weight is 533 g/mol. The fourth-order valence-corrected chi connectivity index (χ4v) is 7.25. The quantitative estimate of drug-likeness (QED) is 0.308. The molecule has 3 aromatic heterocycles.